The maximum Gasteiger partial charge on any atom is 0.315 e. The van der Waals surface area contributed by atoms with Crippen molar-refractivity contribution in [1.29, 1.82) is 0 Å². The van der Waals surface area contributed by atoms with E-state index in [0.717, 1.165) is 0 Å². The summed E-state index contributed by atoms with van der Waals surface area (Å²) in [5, 5.41) is 0. The number of ether oxygens (including phenoxy) is 2. The Labute approximate surface area is 84.5 Å². The van der Waals surface area contributed by atoms with Crippen LogP contribution in [0.3, 0.4) is 0 Å². The lowest BCUT2D eigenvalue weighted by Crippen LogP contribution is -2.42. The third-order valence-electron chi connectivity index (χ3n) is 1.77. The molecular formula is C9H18N2O3. The molecule has 0 saturated heterocycles. The van der Waals surface area contributed by atoms with Crippen molar-refractivity contribution >= 4 is 6.03 Å². The second kappa shape index (κ2) is 7.34. The zero-order valence-corrected chi connectivity index (χ0v) is 8.90. The average Bonchev–Trinajstić information content (AvgIpc) is 2.18. The predicted molar refractivity (Wildman–Crippen MR) is 53.8 cm³/mol. The fraction of sp³-hybridized carbons (Fsp3) is 0.667. The highest BCUT2D eigenvalue weighted by Gasteiger charge is 2.14. The Morgan fingerprint density at radius 1 is 1.50 bits per heavy atom. The molecule has 0 saturated carbocycles. The molecule has 2 amide bonds. The van der Waals surface area contributed by atoms with Gasteiger partial charge in [-0.2, -0.15) is 0 Å². The number of nitrogens with two attached hydrogens (primary N) is 1. The molecule has 14 heavy (non-hydrogen) atoms. The van der Waals surface area contributed by atoms with Crippen molar-refractivity contribution in [3.63, 3.8) is 0 Å². The van der Waals surface area contributed by atoms with Crippen LogP contribution in [0.5, 0.6) is 0 Å². The molecular weight excluding hydrogens is 184 g/mol. The van der Waals surface area contributed by atoms with Crippen molar-refractivity contribution in [2.75, 3.05) is 27.3 Å². The first-order chi connectivity index (χ1) is 6.65. The van der Waals surface area contributed by atoms with Gasteiger partial charge in [0, 0.05) is 20.8 Å². The second-order valence-corrected chi connectivity index (χ2v) is 2.71. The van der Waals surface area contributed by atoms with Gasteiger partial charge in [0.05, 0.1) is 6.54 Å². The monoisotopic (exact) mass is 202 g/mol. The van der Waals surface area contributed by atoms with Gasteiger partial charge >= 0.3 is 6.03 Å². The summed E-state index contributed by atoms with van der Waals surface area (Å²) in [7, 11) is 3.03. The summed E-state index contributed by atoms with van der Waals surface area (Å²) >= 11 is 0. The quantitative estimate of drug-likeness (QED) is 0.505. The summed E-state index contributed by atoms with van der Waals surface area (Å²) in [5.74, 6) is 0. The lowest BCUT2D eigenvalue weighted by Gasteiger charge is -2.23. The van der Waals surface area contributed by atoms with E-state index in [0.29, 0.717) is 13.1 Å². The fourth-order valence-corrected chi connectivity index (χ4v) is 0.912. The summed E-state index contributed by atoms with van der Waals surface area (Å²) in [4.78, 5) is 12.4. The van der Waals surface area contributed by atoms with Crippen LogP contribution in [-0.4, -0.2) is 44.5 Å². The lowest BCUT2D eigenvalue weighted by molar-refractivity contribution is -0.110. The first-order valence-electron chi connectivity index (χ1n) is 4.36. The highest BCUT2D eigenvalue weighted by molar-refractivity contribution is 5.72. The highest BCUT2D eigenvalue weighted by atomic mass is 16.7. The maximum atomic E-state index is 11.0. The van der Waals surface area contributed by atoms with Crippen LogP contribution < -0.4 is 5.73 Å². The lowest BCUT2D eigenvalue weighted by atomic mass is 10.4. The van der Waals surface area contributed by atoms with E-state index in [9.17, 15) is 4.79 Å². The smallest absolute Gasteiger partial charge is 0.315 e. The Kier molecular flexibility index (Phi) is 6.78. The molecule has 82 valence electrons. The van der Waals surface area contributed by atoms with E-state index in [1.807, 2.05) is 19.1 Å². The van der Waals surface area contributed by atoms with E-state index < -0.39 is 12.3 Å². The molecule has 0 unspecified atom stereocenters. The van der Waals surface area contributed by atoms with Gasteiger partial charge in [0.2, 0.25) is 0 Å². The Morgan fingerprint density at radius 2 is 2.07 bits per heavy atom. The van der Waals surface area contributed by atoms with Crippen molar-refractivity contribution in [2.24, 2.45) is 5.73 Å². The van der Waals surface area contributed by atoms with E-state index in [2.05, 4.69) is 0 Å². The van der Waals surface area contributed by atoms with E-state index >= 15 is 0 Å². The van der Waals surface area contributed by atoms with Gasteiger partial charge in [0.1, 0.15) is 0 Å². The molecule has 0 atom stereocenters. The molecule has 0 aliphatic carbocycles. The van der Waals surface area contributed by atoms with Gasteiger partial charge in [-0.1, -0.05) is 12.2 Å². The van der Waals surface area contributed by atoms with E-state index in [-0.39, 0.29) is 0 Å². The molecule has 0 aromatic rings. The van der Waals surface area contributed by atoms with Crippen LogP contribution >= 0.6 is 0 Å². The van der Waals surface area contributed by atoms with Crippen molar-refractivity contribution < 1.29 is 14.3 Å². The first-order valence-corrected chi connectivity index (χ1v) is 4.36. The van der Waals surface area contributed by atoms with Gasteiger partial charge in [-0.3, -0.25) is 0 Å². The van der Waals surface area contributed by atoms with Crippen molar-refractivity contribution in [3.8, 4) is 0 Å². The minimum Gasteiger partial charge on any atom is -0.354 e. The highest BCUT2D eigenvalue weighted by Crippen LogP contribution is 1.97. The van der Waals surface area contributed by atoms with Gasteiger partial charge in [0.25, 0.3) is 0 Å². The molecule has 0 fully saturated rings. The number of nitrogens with zero attached hydrogens (tertiary/aromatic N) is 1. The zero-order chi connectivity index (χ0) is 11.0. The predicted octanol–water partition coefficient (Wildman–Crippen LogP) is 0.562. The van der Waals surface area contributed by atoms with Crippen LogP contribution in [0.4, 0.5) is 4.79 Å². The number of hydrogen-bond donors (Lipinski definition) is 1. The van der Waals surface area contributed by atoms with Crippen LogP contribution in [0.1, 0.15) is 6.92 Å². The third kappa shape index (κ3) is 4.84. The number of methoxy groups -OCH3 is 2. The number of carbonyl (C=O) groups is 1. The van der Waals surface area contributed by atoms with Crippen LogP contribution in [0.15, 0.2) is 12.2 Å². The Morgan fingerprint density at radius 3 is 2.43 bits per heavy atom. The second-order valence-electron chi connectivity index (χ2n) is 2.71. The minimum absolute atomic E-state index is 0.326. The molecule has 0 aromatic heterocycles. The largest absolute Gasteiger partial charge is 0.354 e. The zero-order valence-electron chi connectivity index (χ0n) is 8.90. The Bertz CT molecular complexity index is 190. The normalized spacial score (nSPS) is 11.1. The summed E-state index contributed by atoms with van der Waals surface area (Å²) in [6, 6.07) is -0.484. The van der Waals surface area contributed by atoms with E-state index in [1.54, 1.807) is 0 Å². The summed E-state index contributed by atoms with van der Waals surface area (Å²) in [6.45, 7) is 2.67. The Hall–Kier alpha value is -1.07. The number of rotatable bonds is 6. The van der Waals surface area contributed by atoms with Crippen molar-refractivity contribution in [2.45, 2.75) is 13.2 Å². The van der Waals surface area contributed by atoms with E-state index in [1.165, 1.54) is 19.1 Å². The molecule has 0 bridgehead atoms. The molecule has 0 aromatic carbocycles. The topological polar surface area (TPSA) is 64.8 Å². The molecule has 0 aliphatic heterocycles. The Balaban J connectivity index is 4.13. The van der Waals surface area contributed by atoms with Gasteiger partial charge in [0.15, 0.2) is 6.29 Å². The number of amides is 2. The van der Waals surface area contributed by atoms with Crippen molar-refractivity contribution in [1.82, 2.24) is 4.90 Å². The average molecular weight is 202 g/mol. The number of carbonyl (C=O) groups excluding carboxylic acids is 1. The summed E-state index contributed by atoms with van der Waals surface area (Å²) in [5.41, 5.74) is 5.18. The maximum absolute atomic E-state index is 11.0. The molecule has 0 aliphatic rings. The van der Waals surface area contributed by atoms with Gasteiger partial charge < -0.3 is 20.1 Å². The minimum atomic E-state index is -0.484. The number of allylic oxidation sites excluding steroid dienone is 1. The number of hydrogen-bond acceptors (Lipinski definition) is 3. The first kappa shape index (κ1) is 12.9. The number of primary amides is 1. The van der Waals surface area contributed by atoms with Gasteiger partial charge in [-0.05, 0) is 6.92 Å². The third-order valence-corrected chi connectivity index (χ3v) is 1.77. The van der Waals surface area contributed by atoms with Crippen LogP contribution in [0.2, 0.25) is 0 Å². The molecule has 2 N–H and O–H groups in total. The number of urea groups is 1. The summed E-state index contributed by atoms with van der Waals surface area (Å²) in [6.07, 6.45) is 3.25. The van der Waals surface area contributed by atoms with E-state index in [4.69, 9.17) is 15.2 Å². The molecule has 0 radical (unpaired) electrons. The molecule has 0 heterocycles. The van der Waals surface area contributed by atoms with Gasteiger partial charge in [-0.25, -0.2) is 4.79 Å². The fourth-order valence-electron chi connectivity index (χ4n) is 0.912. The molecule has 0 rings (SSSR count). The van der Waals surface area contributed by atoms with Crippen LogP contribution in [0, 0.1) is 0 Å². The van der Waals surface area contributed by atoms with Gasteiger partial charge in [-0.15, -0.1) is 0 Å². The molecule has 0 spiro atoms. The molecule has 5 heteroatoms. The molecule has 5 nitrogen and oxygen atoms in total. The van der Waals surface area contributed by atoms with Crippen LogP contribution in [-0.2, 0) is 9.47 Å². The standard InChI is InChI=1S/C9H18N2O3/c1-4-5-6-11(9(10)12)7-8(13-2)14-3/h4-5,8H,6-7H2,1-3H3,(H2,10,12)/b5-4+. The summed E-state index contributed by atoms with van der Waals surface area (Å²) < 4.78 is 9.93. The van der Waals surface area contributed by atoms with Crippen LogP contribution in [0.25, 0.3) is 0 Å². The SMILES string of the molecule is C/C=C/CN(CC(OC)OC)C(N)=O. The van der Waals surface area contributed by atoms with Crippen molar-refractivity contribution in [3.05, 3.63) is 12.2 Å².